The Morgan fingerprint density at radius 2 is 2.16 bits per heavy atom. The average Bonchev–Trinajstić information content (AvgIpc) is 2.99. The highest BCUT2D eigenvalue weighted by Gasteiger charge is 2.40. The van der Waals surface area contributed by atoms with E-state index in [-0.39, 0.29) is 5.79 Å². The van der Waals surface area contributed by atoms with Crippen molar-refractivity contribution in [3.8, 4) is 0 Å². The number of ether oxygens (including phenoxy) is 2. The topological polar surface area (TPSA) is 39.5 Å². The van der Waals surface area contributed by atoms with Crippen molar-refractivity contribution in [2.24, 2.45) is 0 Å². The molecule has 1 aromatic rings. The van der Waals surface area contributed by atoms with E-state index in [1.165, 1.54) is 0 Å². The van der Waals surface area contributed by atoms with Crippen molar-refractivity contribution in [1.82, 2.24) is 14.5 Å². The minimum atomic E-state index is -0.340. The summed E-state index contributed by atoms with van der Waals surface area (Å²) in [6.45, 7) is 8.66. The van der Waals surface area contributed by atoms with Crippen molar-refractivity contribution in [2.75, 3.05) is 26.3 Å². The van der Waals surface area contributed by atoms with Gasteiger partial charge in [0.25, 0.3) is 0 Å². The second kappa shape index (κ2) is 5.23. The van der Waals surface area contributed by atoms with Crippen molar-refractivity contribution >= 4 is 0 Å². The van der Waals surface area contributed by atoms with Crippen LogP contribution in [-0.2, 0) is 16.0 Å². The monoisotopic (exact) mass is 265 g/mol. The van der Waals surface area contributed by atoms with Crippen LogP contribution >= 0.6 is 0 Å². The highest BCUT2D eigenvalue weighted by molar-refractivity contribution is 4.96. The third-order valence-electron chi connectivity index (χ3n) is 3.98. The summed E-state index contributed by atoms with van der Waals surface area (Å²) in [5, 5.41) is 0. The van der Waals surface area contributed by atoms with E-state index in [1.807, 2.05) is 6.20 Å². The molecule has 1 aromatic heterocycles. The van der Waals surface area contributed by atoms with Gasteiger partial charge in [-0.05, 0) is 26.8 Å². The molecule has 0 unspecified atom stereocenters. The summed E-state index contributed by atoms with van der Waals surface area (Å²) in [7, 11) is 0. The van der Waals surface area contributed by atoms with Crippen LogP contribution in [0.1, 0.15) is 38.6 Å². The SMILES string of the molecule is CC(C)n1ccnc1CN1CCCC2(C1)OCCO2. The lowest BCUT2D eigenvalue weighted by Crippen LogP contribution is -2.48. The molecule has 0 N–H and O–H groups in total. The maximum atomic E-state index is 5.82. The molecule has 0 atom stereocenters. The molecule has 0 radical (unpaired) electrons. The van der Waals surface area contributed by atoms with Crippen molar-refractivity contribution < 1.29 is 9.47 Å². The molecule has 2 fully saturated rings. The number of hydrogen-bond acceptors (Lipinski definition) is 4. The smallest absolute Gasteiger partial charge is 0.181 e. The number of nitrogens with zero attached hydrogens (tertiary/aromatic N) is 3. The molecule has 2 aliphatic rings. The third-order valence-corrected chi connectivity index (χ3v) is 3.98. The average molecular weight is 265 g/mol. The van der Waals surface area contributed by atoms with Crippen LogP contribution in [0.4, 0.5) is 0 Å². The van der Waals surface area contributed by atoms with Crippen LogP contribution in [0.25, 0.3) is 0 Å². The molecular weight excluding hydrogens is 242 g/mol. The molecule has 0 aromatic carbocycles. The Morgan fingerprint density at radius 3 is 2.89 bits per heavy atom. The van der Waals surface area contributed by atoms with Gasteiger partial charge in [-0.1, -0.05) is 0 Å². The van der Waals surface area contributed by atoms with E-state index in [4.69, 9.17) is 9.47 Å². The lowest BCUT2D eigenvalue weighted by atomic mass is 10.0. The first kappa shape index (κ1) is 13.1. The summed E-state index contributed by atoms with van der Waals surface area (Å²) in [5.41, 5.74) is 0. The van der Waals surface area contributed by atoms with Crippen LogP contribution in [0.2, 0.25) is 0 Å². The van der Waals surface area contributed by atoms with E-state index in [9.17, 15) is 0 Å². The highest BCUT2D eigenvalue weighted by Crippen LogP contribution is 2.30. The Kier molecular flexibility index (Phi) is 3.60. The van der Waals surface area contributed by atoms with Crippen LogP contribution in [0.3, 0.4) is 0 Å². The minimum absolute atomic E-state index is 0.340. The number of piperidine rings is 1. The molecule has 2 saturated heterocycles. The zero-order valence-corrected chi connectivity index (χ0v) is 11.8. The fraction of sp³-hybridized carbons (Fsp3) is 0.786. The largest absolute Gasteiger partial charge is 0.346 e. The number of imidazole rings is 1. The normalized spacial score (nSPS) is 23.5. The predicted molar refractivity (Wildman–Crippen MR) is 71.8 cm³/mol. The van der Waals surface area contributed by atoms with Gasteiger partial charge in [-0.25, -0.2) is 4.98 Å². The minimum Gasteiger partial charge on any atom is -0.346 e. The molecule has 5 nitrogen and oxygen atoms in total. The van der Waals surface area contributed by atoms with Crippen molar-refractivity contribution in [3.05, 3.63) is 18.2 Å². The van der Waals surface area contributed by atoms with Gasteiger partial charge in [0.1, 0.15) is 5.82 Å². The van der Waals surface area contributed by atoms with Gasteiger partial charge >= 0.3 is 0 Å². The maximum Gasteiger partial charge on any atom is 0.181 e. The molecule has 0 bridgehead atoms. The number of hydrogen-bond donors (Lipinski definition) is 0. The van der Waals surface area contributed by atoms with E-state index in [0.717, 1.165) is 51.5 Å². The molecule has 1 spiro atoms. The van der Waals surface area contributed by atoms with Gasteiger partial charge in [0.2, 0.25) is 0 Å². The molecule has 3 rings (SSSR count). The maximum absolute atomic E-state index is 5.82. The van der Waals surface area contributed by atoms with E-state index >= 15 is 0 Å². The molecule has 3 heterocycles. The summed E-state index contributed by atoms with van der Waals surface area (Å²) in [5.74, 6) is 0.790. The van der Waals surface area contributed by atoms with E-state index in [0.29, 0.717) is 6.04 Å². The fourth-order valence-electron chi connectivity index (χ4n) is 3.07. The summed E-state index contributed by atoms with van der Waals surface area (Å²) in [6.07, 6.45) is 6.09. The third kappa shape index (κ3) is 2.68. The van der Waals surface area contributed by atoms with Crippen LogP contribution in [-0.4, -0.2) is 46.5 Å². The quantitative estimate of drug-likeness (QED) is 0.835. The Bertz CT molecular complexity index is 424. The second-order valence-corrected chi connectivity index (χ2v) is 5.77. The molecule has 106 valence electrons. The highest BCUT2D eigenvalue weighted by atomic mass is 16.7. The van der Waals surface area contributed by atoms with E-state index in [1.54, 1.807) is 0 Å². The Hall–Kier alpha value is -0.910. The van der Waals surface area contributed by atoms with Gasteiger partial charge in [-0.2, -0.15) is 0 Å². The molecule has 0 aliphatic carbocycles. The van der Waals surface area contributed by atoms with Gasteiger partial charge in [0, 0.05) is 24.9 Å². The fourth-order valence-corrected chi connectivity index (χ4v) is 3.07. The first-order valence-electron chi connectivity index (χ1n) is 7.20. The zero-order valence-electron chi connectivity index (χ0n) is 11.8. The Labute approximate surface area is 114 Å². The summed E-state index contributed by atoms with van der Waals surface area (Å²) in [6, 6.07) is 0.454. The van der Waals surface area contributed by atoms with Gasteiger partial charge in [-0.15, -0.1) is 0 Å². The van der Waals surface area contributed by atoms with Crippen LogP contribution in [0.15, 0.2) is 12.4 Å². The first-order valence-corrected chi connectivity index (χ1v) is 7.20. The van der Waals surface area contributed by atoms with E-state index < -0.39 is 0 Å². The number of aromatic nitrogens is 2. The summed E-state index contributed by atoms with van der Waals surface area (Å²) < 4.78 is 13.9. The Balaban J connectivity index is 1.67. The molecule has 2 aliphatic heterocycles. The molecule has 19 heavy (non-hydrogen) atoms. The number of likely N-dealkylation sites (tertiary alicyclic amines) is 1. The van der Waals surface area contributed by atoms with Gasteiger partial charge in [0.15, 0.2) is 5.79 Å². The lowest BCUT2D eigenvalue weighted by Gasteiger charge is -2.38. The van der Waals surface area contributed by atoms with Crippen LogP contribution in [0.5, 0.6) is 0 Å². The van der Waals surface area contributed by atoms with E-state index in [2.05, 4.69) is 34.5 Å². The number of rotatable bonds is 3. The molecule has 5 heteroatoms. The van der Waals surface area contributed by atoms with Crippen molar-refractivity contribution in [1.29, 1.82) is 0 Å². The van der Waals surface area contributed by atoms with Crippen LogP contribution in [0, 0.1) is 0 Å². The first-order chi connectivity index (χ1) is 9.19. The lowest BCUT2D eigenvalue weighted by molar-refractivity contribution is -0.190. The summed E-state index contributed by atoms with van der Waals surface area (Å²) >= 11 is 0. The predicted octanol–water partition coefficient (Wildman–Crippen LogP) is 1.80. The second-order valence-electron chi connectivity index (χ2n) is 5.77. The van der Waals surface area contributed by atoms with Crippen molar-refractivity contribution in [2.45, 2.75) is 45.1 Å². The van der Waals surface area contributed by atoms with Gasteiger partial charge in [-0.3, -0.25) is 4.90 Å². The van der Waals surface area contributed by atoms with Crippen LogP contribution < -0.4 is 0 Å². The zero-order chi connectivity index (χ0) is 13.3. The van der Waals surface area contributed by atoms with Gasteiger partial charge < -0.3 is 14.0 Å². The van der Waals surface area contributed by atoms with Crippen molar-refractivity contribution in [3.63, 3.8) is 0 Å². The molecule has 0 saturated carbocycles. The molecule has 0 amide bonds. The standard InChI is InChI=1S/C14H23N3O2/c1-12(2)17-7-5-15-13(17)10-16-6-3-4-14(11-16)18-8-9-19-14/h5,7,12H,3-4,6,8-11H2,1-2H3. The molecular formula is C14H23N3O2. The summed E-state index contributed by atoms with van der Waals surface area (Å²) in [4.78, 5) is 6.89. The Morgan fingerprint density at radius 1 is 1.37 bits per heavy atom. The van der Waals surface area contributed by atoms with Gasteiger partial charge in [0.05, 0.1) is 26.3 Å².